The standard InChI is InChI=1S/C8H4ClF3INO3/c1-16-6-3(13)2-4(17-8(10,11)12)14-5(6)7(9)15/h2H,1H3. The molecule has 94 valence electrons. The third kappa shape index (κ3) is 3.87. The summed E-state index contributed by atoms with van der Waals surface area (Å²) in [6.45, 7) is 0. The minimum atomic E-state index is -4.89. The van der Waals surface area contributed by atoms with Gasteiger partial charge in [-0.3, -0.25) is 4.79 Å². The number of pyridine rings is 1. The van der Waals surface area contributed by atoms with Crippen molar-refractivity contribution in [3.8, 4) is 11.6 Å². The van der Waals surface area contributed by atoms with Crippen LogP contribution in [0.4, 0.5) is 13.2 Å². The Labute approximate surface area is 112 Å². The Hall–Kier alpha value is -0.770. The molecule has 9 heteroatoms. The summed E-state index contributed by atoms with van der Waals surface area (Å²) in [6, 6.07) is 0.982. The first-order valence-corrected chi connectivity index (χ1v) is 5.40. The van der Waals surface area contributed by atoms with Crippen LogP contribution in [0.25, 0.3) is 0 Å². The van der Waals surface area contributed by atoms with Crippen molar-refractivity contribution in [1.29, 1.82) is 0 Å². The Morgan fingerprint density at radius 2 is 2.12 bits per heavy atom. The van der Waals surface area contributed by atoms with Crippen molar-refractivity contribution in [2.75, 3.05) is 7.11 Å². The Kier molecular flexibility index (Phi) is 4.42. The van der Waals surface area contributed by atoms with E-state index < -0.39 is 23.2 Å². The summed E-state index contributed by atoms with van der Waals surface area (Å²) in [4.78, 5) is 14.3. The van der Waals surface area contributed by atoms with Gasteiger partial charge in [-0.15, -0.1) is 13.2 Å². The van der Waals surface area contributed by atoms with E-state index in [4.69, 9.17) is 16.3 Å². The summed E-state index contributed by atoms with van der Waals surface area (Å²) in [5.41, 5.74) is -0.430. The van der Waals surface area contributed by atoms with E-state index in [2.05, 4.69) is 9.72 Å². The van der Waals surface area contributed by atoms with Crippen molar-refractivity contribution in [2.45, 2.75) is 6.36 Å². The summed E-state index contributed by atoms with van der Waals surface area (Å²) >= 11 is 6.85. The Morgan fingerprint density at radius 1 is 1.53 bits per heavy atom. The van der Waals surface area contributed by atoms with Crippen LogP contribution in [-0.4, -0.2) is 23.7 Å². The molecule has 17 heavy (non-hydrogen) atoms. The first-order valence-electron chi connectivity index (χ1n) is 3.94. The van der Waals surface area contributed by atoms with Crippen molar-refractivity contribution >= 4 is 39.4 Å². The lowest BCUT2D eigenvalue weighted by atomic mass is 10.3. The van der Waals surface area contributed by atoms with Gasteiger partial charge in [0.2, 0.25) is 5.88 Å². The van der Waals surface area contributed by atoms with Gasteiger partial charge >= 0.3 is 6.36 Å². The van der Waals surface area contributed by atoms with E-state index in [0.717, 1.165) is 6.07 Å². The number of ether oxygens (including phenoxy) is 2. The molecule has 0 aliphatic heterocycles. The van der Waals surface area contributed by atoms with Crippen molar-refractivity contribution < 1.29 is 27.4 Å². The van der Waals surface area contributed by atoms with Crippen LogP contribution >= 0.6 is 34.2 Å². The fourth-order valence-electron chi connectivity index (χ4n) is 0.979. The van der Waals surface area contributed by atoms with Gasteiger partial charge in [0, 0.05) is 6.07 Å². The topological polar surface area (TPSA) is 48.4 Å². The molecule has 0 unspecified atom stereocenters. The zero-order valence-electron chi connectivity index (χ0n) is 8.14. The van der Waals surface area contributed by atoms with Gasteiger partial charge in [0.15, 0.2) is 11.4 Å². The monoisotopic (exact) mass is 381 g/mol. The fraction of sp³-hybridized carbons (Fsp3) is 0.250. The summed E-state index contributed by atoms with van der Waals surface area (Å²) in [5, 5.41) is -1.03. The second kappa shape index (κ2) is 5.25. The maximum Gasteiger partial charge on any atom is 0.574 e. The number of aromatic nitrogens is 1. The van der Waals surface area contributed by atoms with Crippen molar-refractivity contribution in [1.82, 2.24) is 4.98 Å². The molecular weight excluding hydrogens is 377 g/mol. The van der Waals surface area contributed by atoms with Crippen LogP contribution in [0, 0.1) is 3.57 Å². The normalized spacial score (nSPS) is 11.2. The largest absolute Gasteiger partial charge is 0.574 e. The summed E-state index contributed by atoms with van der Waals surface area (Å²) in [6.07, 6.45) is -4.89. The Balaban J connectivity index is 3.25. The molecule has 0 aliphatic rings. The quantitative estimate of drug-likeness (QED) is 0.597. The molecule has 0 radical (unpaired) electrons. The predicted octanol–water partition coefficient (Wildman–Crippen LogP) is 2.97. The molecule has 0 N–H and O–H groups in total. The average molecular weight is 381 g/mol. The maximum atomic E-state index is 12.0. The number of carbonyl (C=O) groups excluding carboxylic acids is 1. The average Bonchev–Trinajstić information content (AvgIpc) is 2.13. The number of alkyl halides is 3. The number of nitrogens with zero attached hydrogens (tertiary/aromatic N) is 1. The minimum Gasteiger partial charge on any atom is -0.493 e. The van der Waals surface area contributed by atoms with Gasteiger partial charge in [-0.25, -0.2) is 4.98 Å². The molecule has 0 aliphatic carbocycles. The van der Waals surface area contributed by atoms with Crippen molar-refractivity contribution in [3.63, 3.8) is 0 Å². The molecular formula is C8H4ClF3INO3. The van der Waals surface area contributed by atoms with Crippen LogP contribution in [-0.2, 0) is 0 Å². The molecule has 0 saturated carbocycles. The molecule has 0 aromatic carbocycles. The number of hydrogen-bond acceptors (Lipinski definition) is 4. The van der Waals surface area contributed by atoms with E-state index in [9.17, 15) is 18.0 Å². The predicted molar refractivity (Wildman–Crippen MR) is 60.4 cm³/mol. The first-order chi connectivity index (χ1) is 7.74. The third-order valence-electron chi connectivity index (χ3n) is 1.51. The highest BCUT2D eigenvalue weighted by molar-refractivity contribution is 14.1. The molecule has 0 spiro atoms. The summed E-state index contributed by atoms with van der Waals surface area (Å²) in [7, 11) is 1.24. The van der Waals surface area contributed by atoms with Gasteiger partial charge in [0.1, 0.15) is 0 Å². The molecule has 4 nitrogen and oxygen atoms in total. The van der Waals surface area contributed by atoms with E-state index in [1.54, 1.807) is 22.6 Å². The molecule has 1 aromatic heterocycles. The van der Waals surface area contributed by atoms with Gasteiger partial charge in [-0.1, -0.05) is 0 Å². The van der Waals surface area contributed by atoms with Gasteiger partial charge in [0.25, 0.3) is 5.24 Å². The summed E-state index contributed by atoms with van der Waals surface area (Å²) in [5.74, 6) is -0.771. The van der Waals surface area contributed by atoms with E-state index in [-0.39, 0.29) is 9.32 Å². The minimum absolute atomic E-state index is 0.000115. The Morgan fingerprint density at radius 3 is 2.53 bits per heavy atom. The summed E-state index contributed by atoms with van der Waals surface area (Å²) < 4.78 is 44.5. The molecule has 0 bridgehead atoms. The molecule has 1 aromatic rings. The number of carbonyl (C=O) groups is 1. The lowest BCUT2D eigenvalue weighted by Gasteiger charge is -2.11. The van der Waals surface area contributed by atoms with Crippen LogP contribution in [0.5, 0.6) is 11.6 Å². The van der Waals surface area contributed by atoms with E-state index in [0.29, 0.717) is 0 Å². The molecule has 1 heterocycles. The SMILES string of the molecule is COc1c(I)cc(OC(F)(F)F)nc1C(=O)Cl. The highest BCUT2D eigenvalue weighted by atomic mass is 127. The van der Waals surface area contributed by atoms with Crippen LogP contribution in [0.3, 0.4) is 0 Å². The highest BCUT2D eigenvalue weighted by Crippen LogP contribution is 2.31. The highest BCUT2D eigenvalue weighted by Gasteiger charge is 2.33. The van der Waals surface area contributed by atoms with Crippen LogP contribution in [0.2, 0.25) is 0 Å². The zero-order valence-corrected chi connectivity index (χ0v) is 11.1. The second-order valence-corrected chi connectivity index (χ2v) is 4.15. The maximum absolute atomic E-state index is 12.0. The van der Waals surface area contributed by atoms with Crippen molar-refractivity contribution in [2.24, 2.45) is 0 Å². The Bertz CT molecular complexity index is 452. The van der Waals surface area contributed by atoms with Crippen LogP contribution in [0.15, 0.2) is 6.07 Å². The van der Waals surface area contributed by atoms with E-state index >= 15 is 0 Å². The van der Waals surface area contributed by atoms with Crippen molar-refractivity contribution in [3.05, 3.63) is 15.3 Å². The lowest BCUT2D eigenvalue weighted by Crippen LogP contribution is -2.18. The third-order valence-corrected chi connectivity index (χ3v) is 2.50. The lowest BCUT2D eigenvalue weighted by molar-refractivity contribution is -0.276. The number of halogens is 5. The van der Waals surface area contributed by atoms with Crippen LogP contribution < -0.4 is 9.47 Å². The van der Waals surface area contributed by atoms with Gasteiger partial charge < -0.3 is 9.47 Å². The number of hydrogen-bond donors (Lipinski definition) is 0. The van der Waals surface area contributed by atoms with Gasteiger partial charge in [0.05, 0.1) is 10.7 Å². The van der Waals surface area contributed by atoms with Crippen LogP contribution in [0.1, 0.15) is 10.5 Å². The molecule has 0 saturated heterocycles. The number of rotatable bonds is 3. The first kappa shape index (κ1) is 14.3. The van der Waals surface area contributed by atoms with E-state index in [1.165, 1.54) is 7.11 Å². The molecule has 0 amide bonds. The second-order valence-electron chi connectivity index (χ2n) is 2.65. The van der Waals surface area contributed by atoms with E-state index in [1.807, 2.05) is 0 Å². The molecule has 0 atom stereocenters. The zero-order chi connectivity index (χ0) is 13.2. The fourth-order valence-corrected chi connectivity index (χ4v) is 1.85. The van der Waals surface area contributed by atoms with Gasteiger partial charge in [-0.2, -0.15) is 0 Å². The van der Waals surface area contributed by atoms with Gasteiger partial charge in [-0.05, 0) is 34.2 Å². The number of methoxy groups -OCH3 is 1. The molecule has 1 rings (SSSR count). The smallest absolute Gasteiger partial charge is 0.493 e. The molecule has 0 fully saturated rings.